The van der Waals surface area contributed by atoms with Crippen molar-refractivity contribution in [2.45, 2.75) is 31.7 Å². The number of nitrogens with one attached hydrogen (secondary N) is 1. The van der Waals surface area contributed by atoms with Crippen molar-refractivity contribution < 1.29 is 9.53 Å². The van der Waals surface area contributed by atoms with E-state index >= 15 is 0 Å². The lowest BCUT2D eigenvalue weighted by molar-refractivity contribution is 0.153. The highest BCUT2D eigenvalue weighted by Crippen LogP contribution is 2.18. The molecule has 1 saturated heterocycles. The molecular weight excluding hydrogens is 364 g/mol. The number of likely N-dealkylation sites (tertiary alicyclic amines) is 1. The number of carbonyl (C=O) groups is 1. The second-order valence-corrected chi connectivity index (χ2v) is 7.59. The molecule has 4 rings (SSSR count). The molecule has 1 aliphatic heterocycles. The summed E-state index contributed by atoms with van der Waals surface area (Å²) in [6.07, 6.45) is 3.63. The quantitative estimate of drug-likeness (QED) is 0.718. The topological polar surface area (TPSA) is 59.4 Å². The molecule has 0 saturated carbocycles. The van der Waals surface area contributed by atoms with Gasteiger partial charge >= 0.3 is 6.09 Å². The van der Waals surface area contributed by atoms with Gasteiger partial charge in [0, 0.05) is 44.5 Å². The minimum absolute atomic E-state index is 0.253. The van der Waals surface area contributed by atoms with E-state index in [1.54, 1.807) is 12.1 Å². The number of amides is 1. The second kappa shape index (κ2) is 9.09. The smallest absolute Gasteiger partial charge is 0.410 e. The number of rotatable bonds is 5. The maximum atomic E-state index is 12.4. The standard InChI is InChI=1S/C23H28N4O2/c1-26-22-12-6-5-11-20(22)21(25-26)13-15-24-18-8-7-16-27(17-14-18)23(28)29-19-9-3-2-4-10-19/h2-6,9-12,18,24H,7-8,13-17H2,1H3. The van der Waals surface area contributed by atoms with Gasteiger partial charge in [0.2, 0.25) is 0 Å². The van der Waals surface area contributed by atoms with Gasteiger partial charge in [-0.25, -0.2) is 4.79 Å². The van der Waals surface area contributed by atoms with Crippen LogP contribution < -0.4 is 10.1 Å². The zero-order valence-electron chi connectivity index (χ0n) is 16.9. The van der Waals surface area contributed by atoms with Crippen LogP contribution in [0.5, 0.6) is 5.75 Å². The Morgan fingerprint density at radius 3 is 2.76 bits per heavy atom. The lowest BCUT2D eigenvalue weighted by Gasteiger charge is -2.20. The fraction of sp³-hybridized carbons (Fsp3) is 0.391. The average molecular weight is 393 g/mol. The average Bonchev–Trinajstić information content (AvgIpc) is 2.91. The summed E-state index contributed by atoms with van der Waals surface area (Å²) in [4.78, 5) is 14.2. The van der Waals surface area contributed by atoms with E-state index in [0.29, 0.717) is 11.8 Å². The zero-order chi connectivity index (χ0) is 20.1. The number of carbonyl (C=O) groups excluding carboxylic acids is 1. The SMILES string of the molecule is Cn1nc(CCNC2CCCN(C(=O)Oc3ccccc3)CC2)c2ccccc21. The first-order valence-electron chi connectivity index (χ1n) is 10.4. The number of aryl methyl sites for hydroxylation is 1. The molecule has 0 aliphatic carbocycles. The molecule has 2 heterocycles. The van der Waals surface area contributed by atoms with E-state index in [9.17, 15) is 4.79 Å². The molecule has 1 atom stereocenters. The number of nitrogens with zero attached hydrogens (tertiary/aromatic N) is 3. The molecule has 1 aliphatic rings. The lowest BCUT2D eigenvalue weighted by atomic mass is 10.1. The predicted octanol–water partition coefficient (Wildman–Crippen LogP) is 3.76. The number of benzene rings is 2. The Labute approximate surface area is 171 Å². The number of ether oxygens (including phenoxy) is 1. The van der Waals surface area contributed by atoms with Gasteiger partial charge in [0.15, 0.2) is 0 Å². The summed E-state index contributed by atoms with van der Waals surface area (Å²) in [6.45, 7) is 2.35. The Bertz CT molecular complexity index is 954. The van der Waals surface area contributed by atoms with E-state index < -0.39 is 0 Å². The van der Waals surface area contributed by atoms with Crippen LogP contribution in [0.2, 0.25) is 0 Å². The zero-order valence-corrected chi connectivity index (χ0v) is 16.9. The number of fused-ring (bicyclic) bond motifs is 1. The Balaban J connectivity index is 1.26. The first kappa shape index (κ1) is 19.5. The van der Waals surface area contributed by atoms with Gasteiger partial charge in [0.1, 0.15) is 5.75 Å². The van der Waals surface area contributed by atoms with Crippen molar-refractivity contribution in [2.24, 2.45) is 7.05 Å². The van der Waals surface area contributed by atoms with Crippen LogP contribution in [0.25, 0.3) is 10.9 Å². The predicted molar refractivity (Wildman–Crippen MR) is 114 cm³/mol. The third kappa shape index (κ3) is 4.77. The van der Waals surface area contributed by atoms with E-state index in [0.717, 1.165) is 51.0 Å². The van der Waals surface area contributed by atoms with Crippen LogP contribution >= 0.6 is 0 Å². The summed E-state index contributed by atoms with van der Waals surface area (Å²) < 4.78 is 7.43. The normalized spacial score (nSPS) is 17.3. The van der Waals surface area contributed by atoms with Gasteiger partial charge in [-0.05, 0) is 37.5 Å². The molecule has 0 bridgehead atoms. The highest BCUT2D eigenvalue weighted by atomic mass is 16.6. The van der Waals surface area contributed by atoms with Crippen molar-refractivity contribution in [3.63, 3.8) is 0 Å². The van der Waals surface area contributed by atoms with Crippen LogP contribution in [0.3, 0.4) is 0 Å². The molecule has 1 unspecified atom stereocenters. The Hall–Kier alpha value is -2.86. The van der Waals surface area contributed by atoms with Crippen LogP contribution in [0.4, 0.5) is 4.79 Å². The number of hydrogen-bond donors (Lipinski definition) is 1. The lowest BCUT2D eigenvalue weighted by Crippen LogP contribution is -2.36. The van der Waals surface area contributed by atoms with Crippen molar-refractivity contribution in [3.8, 4) is 5.75 Å². The molecule has 1 fully saturated rings. The van der Waals surface area contributed by atoms with Gasteiger partial charge in [-0.15, -0.1) is 0 Å². The van der Waals surface area contributed by atoms with Crippen molar-refractivity contribution in [1.82, 2.24) is 20.0 Å². The van der Waals surface area contributed by atoms with E-state index in [1.165, 1.54) is 10.9 Å². The van der Waals surface area contributed by atoms with Gasteiger partial charge < -0.3 is 15.0 Å². The molecule has 6 heteroatoms. The van der Waals surface area contributed by atoms with Gasteiger partial charge in [0.05, 0.1) is 11.2 Å². The van der Waals surface area contributed by atoms with E-state index in [4.69, 9.17) is 4.74 Å². The molecule has 1 aromatic heterocycles. The number of para-hydroxylation sites is 2. The van der Waals surface area contributed by atoms with Crippen molar-refractivity contribution in [2.75, 3.05) is 19.6 Å². The maximum absolute atomic E-state index is 12.4. The highest BCUT2D eigenvalue weighted by molar-refractivity contribution is 5.81. The van der Waals surface area contributed by atoms with Gasteiger partial charge in [-0.2, -0.15) is 5.10 Å². The molecular formula is C23H28N4O2. The first-order valence-corrected chi connectivity index (χ1v) is 10.4. The summed E-state index contributed by atoms with van der Waals surface area (Å²) in [6, 6.07) is 18.0. The molecule has 29 heavy (non-hydrogen) atoms. The van der Waals surface area contributed by atoms with Crippen LogP contribution in [-0.2, 0) is 13.5 Å². The first-order chi connectivity index (χ1) is 14.2. The second-order valence-electron chi connectivity index (χ2n) is 7.59. The van der Waals surface area contributed by atoms with Crippen molar-refractivity contribution in [3.05, 3.63) is 60.3 Å². The van der Waals surface area contributed by atoms with Gasteiger partial charge in [-0.3, -0.25) is 4.68 Å². The molecule has 0 spiro atoms. The number of aromatic nitrogens is 2. The minimum atomic E-state index is -0.253. The van der Waals surface area contributed by atoms with Crippen LogP contribution in [0, 0.1) is 0 Å². The fourth-order valence-electron chi connectivity index (χ4n) is 4.00. The summed E-state index contributed by atoms with van der Waals surface area (Å²) >= 11 is 0. The van der Waals surface area contributed by atoms with Gasteiger partial charge in [-0.1, -0.05) is 36.4 Å². The fourth-order valence-corrected chi connectivity index (χ4v) is 4.00. The van der Waals surface area contributed by atoms with E-state index in [-0.39, 0.29) is 6.09 Å². The minimum Gasteiger partial charge on any atom is -0.410 e. The third-order valence-electron chi connectivity index (χ3n) is 5.56. The maximum Gasteiger partial charge on any atom is 0.415 e. The van der Waals surface area contributed by atoms with Crippen molar-refractivity contribution >= 4 is 17.0 Å². The monoisotopic (exact) mass is 392 g/mol. The molecule has 3 aromatic rings. The van der Waals surface area contributed by atoms with Crippen LogP contribution in [-0.4, -0.2) is 46.4 Å². The van der Waals surface area contributed by atoms with Crippen LogP contribution in [0.15, 0.2) is 54.6 Å². The molecule has 152 valence electrons. The Morgan fingerprint density at radius 2 is 1.90 bits per heavy atom. The van der Waals surface area contributed by atoms with E-state index in [2.05, 4.69) is 28.6 Å². The Kier molecular flexibility index (Phi) is 6.10. The summed E-state index contributed by atoms with van der Waals surface area (Å²) in [5.74, 6) is 0.596. The largest absolute Gasteiger partial charge is 0.415 e. The molecule has 6 nitrogen and oxygen atoms in total. The highest BCUT2D eigenvalue weighted by Gasteiger charge is 2.22. The van der Waals surface area contributed by atoms with Gasteiger partial charge in [0.25, 0.3) is 0 Å². The number of hydrogen-bond acceptors (Lipinski definition) is 4. The molecule has 2 aromatic carbocycles. The van der Waals surface area contributed by atoms with Crippen molar-refractivity contribution in [1.29, 1.82) is 0 Å². The summed E-state index contributed by atoms with van der Waals surface area (Å²) in [7, 11) is 1.99. The molecule has 0 radical (unpaired) electrons. The molecule has 1 amide bonds. The van der Waals surface area contributed by atoms with Crippen LogP contribution in [0.1, 0.15) is 25.0 Å². The summed E-state index contributed by atoms with van der Waals surface area (Å²) in [5, 5.41) is 9.57. The Morgan fingerprint density at radius 1 is 1.10 bits per heavy atom. The van der Waals surface area contributed by atoms with E-state index in [1.807, 2.05) is 40.9 Å². The third-order valence-corrected chi connectivity index (χ3v) is 5.56. The molecule has 1 N–H and O–H groups in total. The summed E-state index contributed by atoms with van der Waals surface area (Å²) in [5.41, 5.74) is 2.31.